The molecule has 0 saturated heterocycles. The molecule has 0 saturated carbocycles. The van der Waals surface area contributed by atoms with E-state index in [0.29, 0.717) is 12.8 Å². The van der Waals surface area contributed by atoms with Gasteiger partial charge in [-0.3, -0.25) is 0 Å². The number of ether oxygens (including phenoxy) is 1. The van der Waals surface area contributed by atoms with Gasteiger partial charge in [-0.2, -0.15) is 0 Å². The van der Waals surface area contributed by atoms with Gasteiger partial charge in [0.25, 0.3) is 0 Å². The fourth-order valence-corrected chi connectivity index (χ4v) is 1.63. The van der Waals surface area contributed by atoms with Gasteiger partial charge in [-0.05, 0) is 6.42 Å². The van der Waals surface area contributed by atoms with Crippen LogP contribution in [-0.2, 0) is 9.53 Å². The summed E-state index contributed by atoms with van der Waals surface area (Å²) in [6, 6.07) is 0. The van der Waals surface area contributed by atoms with Crippen molar-refractivity contribution in [2.75, 3.05) is 12.4 Å². The summed E-state index contributed by atoms with van der Waals surface area (Å²) in [5.74, 6) is 0.510. The summed E-state index contributed by atoms with van der Waals surface area (Å²) in [7, 11) is 0. The smallest absolute Gasteiger partial charge is 0.349 e. The first-order chi connectivity index (χ1) is 5.33. The fourth-order valence-electron chi connectivity index (χ4n) is 0.753. The molecule has 0 bridgehead atoms. The average Bonchev–Trinajstić information content (AvgIpc) is 2.52. The number of hydrogen-bond acceptors (Lipinski definition) is 4. The van der Waals surface area contributed by atoms with Gasteiger partial charge in [0.05, 0.1) is 0 Å². The lowest BCUT2D eigenvalue weighted by atomic mass is 10.4. The molecule has 0 atom stereocenters. The van der Waals surface area contributed by atoms with Crippen LogP contribution in [0.4, 0.5) is 0 Å². The van der Waals surface area contributed by atoms with Crippen molar-refractivity contribution in [1.82, 2.24) is 0 Å². The van der Waals surface area contributed by atoms with E-state index in [9.17, 15) is 4.79 Å². The Hall–Kier alpha value is -0.770. The molecule has 0 aromatic heterocycles. The van der Waals surface area contributed by atoms with Crippen LogP contribution in [0.25, 0.3) is 0 Å². The van der Waals surface area contributed by atoms with Crippen LogP contribution < -0.4 is 0 Å². The molecular formula is C7H9NO2S. The van der Waals surface area contributed by atoms with E-state index in [2.05, 4.69) is 6.08 Å². The topological polar surface area (TPSA) is 50.2 Å². The lowest BCUT2D eigenvalue weighted by Crippen LogP contribution is -2.06. The van der Waals surface area contributed by atoms with Gasteiger partial charge in [0.1, 0.15) is 12.8 Å². The van der Waals surface area contributed by atoms with Crippen LogP contribution in [0.5, 0.6) is 0 Å². The molecule has 0 radical (unpaired) electrons. The van der Waals surface area contributed by atoms with Gasteiger partial charge < -0.3 is 10.1 Å². The molecule has 0 unspecified atom stereocenters. The molecule has 1 heterocycles. The number of rotatable bonds is 3. The van der Waals surface area contributed by atoms with Crippen molar-refractivity contribution in [3.05, 3.63) is 11.0 Å². The van der Waals surface area contributed by atoms with Crippen LogP contribution >= 0.6 is 11.8 Å². The van der Waals surface area contributed by atoms with Gasteiger partial charge in [0.2, 0.25) is 0 Å². The first-order valence-electron chi connectivity index (χ1n) is 3.32. The second kappa shape index (κ2) is 4.18. The van der Waals surface area contributed by atoms with E-state index in [-0.39, 0.29) is 0 Å². The quantitative estimate of drug-likeness (QED) is 0.512. The van der Waals surface area contributed by atoms with Crippen molar-refractivity contribution in [2.24, 2.45) is 0 Å². The van der Waals surface area contributed by atoms with Gasteiger partial charge in [0, 0.05) is 10.7 Å². The Morgan fingerprint density at radius 2 is 2.73 bits per heavy atom. The summed E-state index contributed by atoms with van der Waals surface area (Å²) in [5.41, 5.74) is 0. The maximum atomic E-state index is 10.5. The summed E-state index contributed by atoms with van der Waals surface area (Å²) in [6.45, 7) is 0.332. The molecule has 0 spiro atoms. The maximum Gasteiger partial charge on any atom is 0.349 e. The third-order valence-corrected chi connectivity index (χ3v) is 2.35. The Morgan fingerprint density at radius 1 is 1.91 bits per heavy atom. The SMILES string of the molecule is N=CC(=O)OCC1=CCCS1. The predicted molar refractivity (Wildman–Crippen MR) is 44.9 cm³/mol. The third-order valence-electron chi connectivity index (χ3n) is 1.25. The molecule has 0 fully saturated rings. The molecular weight excluding hydrogens is 162 g/mol. The Balaban J connectivity index is 2.21. The molecule has 60 valence electrons. The lowest BCUT2D eigenvalue weighted by Gasteiger charge is -2.00. The number of carbonyl (C=O) groups is 1. The van der Waals surface area contributed by atoms with Gasteiger partial charge in [-0.1, -0.05) is 6.08 Å². The number of thioether (sulfide) groups is 1. The highest BCUT2D eigenvalue weighted by Gasteiger charge is 2.06. The average molecular weight is 171 g/mol. The lowest BCUT2D eigenvalue weighted by molar-refractivity contribution is -0.133. The van der Waals surface area contributed by atoms with Gasteiger partial charge >= 0.3 is 5.97 Å². The zero-order valence-electron chi connectivity index (χ0n) is 6.00. The zero-order valence-corrected chi connectivity index (χ0v) is 6.82. The largest absolute Gasteiger partial charge is 0.456 e. The van der Waals surface area contributed by atoms with Crippen molar-refractivity contribution in [3.63, 3.8) is 0 Å². The standard InChI is InChI=1S/C7H9NO2S/c8-4-7(9)10-5-6-2-1-3-11-6/h2,4,8H,1,3,5H2. The minimum absolute atomic E-state index is 0.332. The van der Waals surface area contributed by atoms with Crippen molar-refractivity contribution in [3.8, 4) is 0 Å². The second-order valence-electron chi connectivity index (χ2n) is 2.06. The van der Waals surface area contributed by atoms with Crippen molar-refractivity contribution >= 4 is 23.9 Å². The van der Waals surface area contributed by atoms with E-state index in [1.54, 1.807) is 11.8 Å². The Bertz CT molecular complexity index is 201. The molecule has 1 aliphatic heterocycles. The minimum Gasteiger partial charge on any atom is -0.456 e. The molecule has 0 aromatic rings. The second-order valence-corrected chi connectivity index (χ2v) is 3.28. The van der Waals surface area contributed by atoms with Crippen LogP contribution in [0.3, 0.4) is 0 Å². The summed E-state index contributed by atoms with van der Waals surface area (Å²) < 4.78 is 4.70. The minimum atomic E-state index is -0.571. The Morgan fingerprint density at radius 3 is 3.27 bits per heavy atom. The number of hydrogen-bond donors (Lipinski definition) is 1. The van der Waals surface area contributed by atoms with Crippen LogP contribution in [0.15, 0.2) is 11.0 Å². The van der Waals surface area contributed by atoms with E-state index < -0.39 is 5.97 Å². The molecule has 11 heavy (non-hydrogen) atoms. The van der Waals surface area contributed by atoms with Crippen LogP contribution in [-0.4, -0.2) is 24.5 Å². The van der Waals surface area contributed by atoms with Crippen LogP contribution in [0.2, 0.25) is 0 Å². The highest BCUT2D eigenvalue weighted by molar-refractivity contribution is 8.03. The van der Waals surface area contributed by atoms with E-state index in [1.165, 1.54) is 0 Å². The van der Waals surface area contributed by atoms with Crippen molar-refractivity contribution in [1.29, 1.82) is 5.41 Å². The molecule has 0 amide bonds. The highest BCUT2D eigenvalue weighted by Crippen LogP contribution is 2.24. The van der Waals surface area contributed by atoms with E-state index in [4.69, 9.17) is 10.1 Å². The van der Waals surface area contributed by atoms with Gasteiger partial charge in [-0.25, -0.2) is 4.79 Å². The summed E-state index contributed by atoms with van der Waals surface area (Å²) >= 11 is 1.70. The molecule has 3 nitrogen and oxygen atoms in total. The summed E-state index contributed by atoms with van der Waals surface area (Å²) in [6.07, 6.45) is 3.80. The number of carbonyl (C=O) groups excluding carboxylic acids is 1. The highest BCUT2D eigenvalue weighted by atomic mass is 32.2. The fraction of sp³-hybridized carbons (Fsp3) is 0.429. The van der Waals surface area contributed by atoms with Crippen molar-refractivity contribution in [2.45, 2.75) is 6.42 Å². The monoisotopic (exact) mass is 171 g/mol. The molecule has 0 aromatic carbocycles. The predicted octanol–water partition coefficient (Wildman–Crippen LogP) is 1.20. The molecule has 1 N–H and O–H groups in total. The van der Waals surface area contributed by atoms with E-state index in [0.717, 1.165) is 17.1 Å². The first kappa shape index (κ1) is 8.33. The number of allylic oxidation sites excluding steroid dienone is 1. The van der Waals surface area contributed by atoms with Gasteiger partial charge in [-0.15, -0.1) is 11.8 Å². The zero-order chi connectivity index (χ0) is 8.10. The van der Waals surface area contributed by atoms with Crippen LogP contribution in [0.1, 0.15) is 6.42 Å². The molecule has 4 heteroatoms. The van der Waals surface area contributed by atoms with Crippen LogP contribution in [0, 0.1) is 5.41 Å². The Kier molecular flexibility index (Phi) is 3.16. The maximum absolute atomic E-state index is 10.5. The van der Waals surface area contributed by atoms with E-state index >= 15 is 0 Å². The normalized spacial score (nSPS) is 15.8. The molecule has 0 aliphatic carbocycles. The van der Waals surface area contributed by atoms with E-state index in [1.807, 2.05) is 0 Å². The summed E-state index contributed by atoms with van der Waals surface area (Å²) in [5, 5.41) is 6.56. The first-order valence-corrected chi connectivity index (χ1v) is 4.30. The number of esters is 1. The van der Waals surface area contributed by atoms with Gasteiger partial charge in [0.15, 0.2) is 0 Å². The van der Waals surface area contributed by atoms with Crippen molar-refractivity contribution < 1.29 is 9.53 Å². The summed E-state index contributed by atoms with van der Waals surface area (Å²) in [4.78, 5) is 11.6. The Labute approximate surface area is 69.3 Å². The third kappa shape index (κ3) is 2.76. The molecule has 1 aliphatic rings. The molecule has 1 rings (SSSR count). The number of nitrogens with one attached hydrogen (secondary N) is 1.